The summed E-state index contributed by atoms with van der Waals surface area (Å²) >= 11 is 11.8. The minimum absolute atomic E-state index is 0.0117. The van der Waals surface area contributed by atoms with Crippen LogP contribution in [0.2, 0.25) is 10.0 Å². The van der Waals surface area contributed by atoms with Crippen LogP contribution in [0.5, 0.6) is 0 Å². The van der Waals surface area contributed by atoms with Gasteiger partial charge in [-0.1, -0.05) is 23.2 Å². The second-order valence-electron chi connectivity index (χ2n) is 4.59. The third-order valence-corrected chi connectivity index (χ3v) is 3.61. The number of hydrogen-bond donors (Lipinski definition) is 1. The van der Waals surface area contributed by atoms with Gasteiger partial charge in [0.15, 0.2) is 0 Å². The number of nitro groups is 1. The molecule has 0 amide bonds. The number of benzene rings is 1. The minimum Gasteiger partial charge on any atom is -0.468 e. The number of carbonyl (C=O) groups is 1. The van der Waals surface area contributed by atoms with Crippen LogP contribution in [0.15, 0.2) is 12.1 Å². The predicted molar refractivity (Wildman–Crippen MR) is 76.1 cm³/mol. The maximum atomic E-state index is 11.5. The van der Waals surface area contributed by atoms with Gasteiger partial charge < -0.3 is 4.74 Å². The van der Waals surface area contributed by atoms with Crippen LogP contribution in [0.1, 0.15) is 19.4 Å². The van der Waals surface area contributed by atoms with E-state index in [4.69, 9.17) is 23.2 Å². The average Bonchev–Trinajstić information content (AvgIpc) is 2.38. The zero-order chi connectivity index (χ0) is 15.5. The first-order chi connectivity index (χ1) is 9.20. The minimum atomic E-state index is -1.01. The van der Waals surface area contributed by atoms with Crippen molar-refractivity contribution in [3.8, 4) is 0 Å². The van der Waals surface area contributed by atoms with E-state index < -0.39 is 16.4 Å². The lowest BCUT2D eigenvalue weighted by molar-refractivity contribution is -0.385. The Morgan fingerprint density at radius 2 is 2.05 bits per heavy atom. The molecule has 0 aliphatic rings. The van der Waals surface area contributed by atoms with Crippen molar-refractivity contribution in [3.05, 3.63) is 37.9 Å². The summed E-state index contributed by atoms with van der Waals surface area (Å²) in [6.45, 7) is 3.21. The van der Waals surface area contributed by atoms with Gasteiger partial charge in [-0.3, -0.25) is 20.2 Å². The molecule has 1 aromatic rings. The van der Waals surface area contributed by atoms with Gasteiger partial charge in [0, 0.05) is 12.6 Å². The first kappa shape index (κ1) is 16.7. The Labute approximate surface area is 126 Å². The van der Waals surface area contributed by atoms with Crippen LogP contribution in [0, 0.1) is 10.1 Å². The number of esters is 1. The van der Waals surface area contributed by atoms with Crippen molar-refractivity contribution in [2.24, 2.45) is 0 Å². The highest BCUT2D eigenvalue weighted by atomic mass is 35.5. The molecule has 20 heavy (non-hydrogen) atoms. The maximum absolute atomic E-state index is 11.5. The van der Waals surface area contributed by atoms with Gasteiger partial charge in [0.05, 0.1) is 27.6 Å². The largest absolute Gasteiger partial charge is 0.468 e. The van der Waals surface area contributed by atoms with Gasteiger partial charge in [-0.15, -0.1) is 0 Å². The topological polar surface area (TPSA) is 81.5 Å². The highest BCUT2D eigenvalue weighted by Gasteiger charge is 2.29. The number of hydrogen-bond acceptors (Lipinski definition) is 5. The molecule has 0 aliphatic carbocycles. The standard InChI is InChI=1S/C12H14Cl2N2O4/c1-12(2,11(17)20-3)15-6-7-9(16(18)19)5-4-8(13)10(7)14/h4-5,15H,6H2,1-3H3. The number of rotatable bonds is 5. The van der Waals surface area contributed by atoms with Gasteiger partial charge in [-0.05, 0) is 19.9 Å². The summed E-state index contributed by atoms with van der Waals surface area (Å²) in [7, 11) is 1.26. The van der Waals surface area contributed by atoms with E-state index in [1.54, 1.807) is 13.8 Å². The van der Waals surface area contributed by atoms with E-state index in [0.29, 0.717) is 0 Å². The van der Waals surface area contributed by atoms with Gasteiger partial charge in [0.1, 0.15) is 5.54 Å². The summed E-state index contributed by atoms with van der Waals surface area (Å²) in [5.74, 6) is -0.488. The number of methoxy groups -OCH3 is 1. The van der Waals surface area contributed by atoms with Crippen molar-refractivity contribution in [1.29, 1.82) is 0 Å². The fourth-order valence-electron chi connectivity index (χ4n) is 1.56. The Morgan fingerprint density at radius 1 is 1.45 bits per heavy atom. The summed E-state index contributed by atoms with van der Waals surface area (Å²) in [5.41, 5.74) is -0.942. The number of halogens is 2. The highest BCUT2D eigenvalue weighted by Crippen LogP contribution is 2.33. The molecular weight excluding hydrogens is 307 g/mol. The summed E-state index contributed by atoms with van der Waals surface area (Å²) in [6, 6.07) is 2.63. The summed E-state index contributed by atoms with van der Waals surface area (Å²) in [6.07, 6.45) is 0. The molecular formula is C12H14Cl2N2O4. The van der Waals surface area contributed by atoms with Crippen molar-refractivity contribution >= 4 is 34.9 Å². The second-order valence-corrected chi connectivity index (χ2v) is 5.37. The van der Waals surface area contributed by atoms with E-state index in [9.17, 15) is 14.9 Å². The van der Waals surface area contributed by atoms with E-state index >= 15 is 0 Å². The molecule has 0 unspecified atom stereocenters. The number of nitrogens with one attached hydrogen (secondary N) is 1. The van der Waals surface area contributed by atoms with Gasteiger partial charge in [-0.25, -0.2) is 0 Å². The predicted octanol–water partition coefficient (Wildman–Crippen LogP) is 2.94. The molecule has 0 atom stereocenters. The lowest BCUT2D eigenvalue weighted by Gasteiger charge is -2.23. The first-order valence-electron chi connectivity index (χ1n) is 5.65. The lowest BCUT2D eigenvalue weighted by Crippen LogP contribution is -2.47. The van der Waals surface area contributed by atoms with E-state index in [0.717, 1.165) is 0 Å². The van der Waals surface area contributed by atoms with Crippen molar-refractivity contribution < 1.29 is 14.5 Å². The van der Waals surface area contributed by atoms with Crippen molar-refractivity contribution in [3.63, 3.8) is 0 Å². The van der Waals surface area contributed by atoms with Crippen LogP contribution < -0.4 is 5.32 Å². The molecule has 0 bridgehead atoms. The molecule has 0 aliphatic heterocycles. The number of nitrogens with zero attached hydrogens (tertiary/aromatic N) is 1. The van der Waals surface area contributed by atoms with Gasteiger partial charge in [-0.2, -0.15) is 0 Å². The number of ether oxygens (including phenoxy) is 1. The Balaban J connectivity index is 3.06. The maximum Gasteiger partial charge on any atom is 0.325 e. The first-order valence-corrected chi connectivity index (χ1v) is 6.41. The van der Waals surface area contributed by atoms with Crippen molar-refractivity contribution in [2.75, 3.05) is 7.11 Å². The molecule has 0 radical (unpaired) electrons. The SMILES string of the molecule is COC(=O)C(C)(C)NCc1c([N+](=O)[O-])ccc(Cl)c1Cl. The highest BCUT2D eigenvalue weighted by molar-refractivity contribution is 6.42. The molecule has 6 nitrogen and oxygen atoms in total. The van der Waals surface area contributed by atoms with Gasteiger partial charge in [0.2, 0.25) is 0 Å². The smallest absolute Gasteiger partial charge is 0.325 e. The van der Waals surface area contributed by atoms with Crippen molar-refractivity contribution in [1.82, 2.24) is 5.32 Å². The van der Waals surface area contributed by atoms with E-state index in [1.165, 1.54) is 19.2 Å². The molecule has 8 heteroatoms. The molecule has 0 saturated carbocycles. The van der Waals surface area contributed by atoms with E-state index in [1.807, 2.05) is 0 Å². The fourth-order valence-corrected chi connectivity index (χ4v) is 1.96. The Hall–Kier alpha value is -1.37. The van der Waals surface area contributed by atoms with Crippen molar-refractivity contribution in [2.45, 2.75) is 25.9 Å². The Bertz CT molecular complexity index is 547. The quantitative estimate of drug-likeness (QED) is 0.512. The second kappa shape index (κ2) is 6.39. The molecule has 0 saturated heterocycles. The normalized spacial score (nSPS) is 11.2. The molecule has 0 spiro atoms. The van der Waals surface area contributed by atoms with E-state index in [2.05, 4.69) is 10.1 Å². The summed E-state index contributed by atoms with van der Waals surface area (Å²) in [5, 5.41) is 14.2. The summed E-state index contributed by atoms with van der Waals surface area (Å²) in [4.78, 5) is 22.0. The van der Waals surface area contributed by atoms with Crippen LogP contribution in [-0.2, 0) is 16.1 Å². The van der Waals surface area contributed by atoms with Crippen LogP contribution in [0.3, 0.4) is 0 Å². The lowest BCUT2D eigenvalue weighted by atomic mass is 10.0. The van der Waals surface area contributed by atoms with Gasteiger partial charge in [0.25, 0.3) is 5.69 Å². The van der Waals surface area contributed by atoms with Crippen LogP contribution >= 0.6 is 23.2 Å². The van der Waals surface area contributed by atoms with E-state index in [-0.39, 0.29) is 27.8 Å². The third-order valence-electron chi connectivity index (χ3n) is 2.77. The van der Waals surface area contributed by atoms with Crippen LogP contribution in [0.4, 0.5) is 5.69 Å². The molecule has 1 N–H and O–H groups in total. The molecule has 0 aromatic heterocycles. The Morgan fingerprint density at radius 3 is 2.55 bits per heavy atom. The molecule has 1 rings (SSSR count). The zero-order valence-electron chi connectivity index (χ0n) is 11.2. The molecule has 0 heterocycles. The van der Waals surface area contributed by atoms with Gasteiger partial charge >= 0.3 is 5.97 Å². The van der Waals surface area contributed by atoms with Crippen LogP contribution in [0.25, 0.3) is 0 Å². The Kier molecular flexibility index (Phi) is 5.33. The zero-order valence-corrected chi connectivity index (χ0v) is 12.7. The monoisotopic (exact) mass is 320 g/mol. The number of carbonyl (C=O) groups excluding carboxylic acids is 1. The van der Waals surface area contributed by atoms with Crippen LogP contribution in [-0.4, -0.2) is 23.5 Å². The molecule has 0 fully saturated rings. The molecule has 1 aromatic carbocycles. The summed E-state index contributed by atoms with van der Waals surface area (Å²) < 4.78 is 4.64. The third kappa shape index (κ3) is 3.59. The fraction of sp³-hybridized carbons (Fsp3) is 0.417. The number of nitro benzene ring substituents is 1. The molecule has 110 valence electrons. The average molecular weight is 321 g/mol.